The Morgan fingerprint density at radius 3 is 2.43 bits per heavy atom. The van der Waals surface area contributed by atoms with Gasteiger partial charge < -0.3 is 29.7 Å². The van der Waals surface area contributed by atoms with Crippen LogP contribution in [0.5, 0.6) is 5.75 Å². The molecule has 248 valence electrons. The van der Waals surface area contributed by atoms with Crippen LogP contribution in [0.25, 0.3) is 11.0 Å². The van der Waals surface area contributed by atoms with Crippen molar-refractivity contribution in [3.05, 3.63) is 57.9 Å². The van der Waals surface area contributed by atoms with Crippen molar-refractivity contribution in [3.8, 4) is 5.75 Å². The number of methoxy groups -OCH3 is 1. The minimum atomic E-state index is -2.78. The van der Waals surface area contributed by atoms with E-state index in [0.717, 1.165) is 39.0 Å². The molecule has 0 radical (unpaired) electrons. The standard InChI is InChI=1S/C32H38BrClN9O3P/c1-41-13-15-42(16-14-41)20-7-11-43(12-8-20)31(44)21-17-27(46-2)26(18-23(21)34)39-32-37-19-22(33)30(40-32)38-25-6-5-24-28(36-10-9-35-24)29(25)47(3,4)45/h5-6,9-10,17-20H,7-8,11-16H2,1-4H3,(H2,37,38,39,40). The van der Waals surface area contributed by atoms with Crippen molar-refractivity contribution < 1.29 is 14.1 Å². The Balaban J connectivity index is 1.19. The average molecular weight is 743 g/mol. The quantitative estimate of drug-likeness (QED) is 0.224. The highest BCUT2D eigenvalue weighted by atomic mass is 79.9. The van der Waals surface area contributed by atoms with E-state index in [2.05, 4.69) is 63.3 Å². The number of hydrogen-bond donors (Lipinski definition) is 2. The van der Waals surface area contributed by atoms with Crippen LogP contribution >= 0.6 is 34.7 Å². The van der Waals surface area contributed by atoms with Gasteiger partial charge in [-0.3, -0.25) is 19.7 Å². The molecule has 15 heteroatoms. The van der Waals surface area contributed by atoms with E-state index in [1.807, 2.05) is 17.0 Å². The van der Waals surface area contributed by atoms with Gasteiger partial charge in [-0.25, -0.2) is 4.98 Å². The van der Waals surface area contributed by atoms with Gasteiger partial charge in [0.05, 0.1) is 44.4 Å². The van der Waals surface area contributed by atoms with Gasteiger partial charge in [-0.1, -0.05) is 11.6 Å². The van der Waals surface area contributed by atoms with Crippen molar-refractivity contribution in [1.29, 1.82) is 0 Å². The molecule has 2 aliphatic heterocycles. The summed E-state index contributed by atoms with van der Waals surface area (Å²) in [5.41, 5.74) is 2.73. The highest BCUT2D eigenvalue weighted by Gasteiger charge is 2.30. The molecule has 2 fully saturated rings. The number of aromatic nitrogens is 4. The maximum Gasteiger partial charge on any atom is 0.255 e. The fourth-order valence-corrected chi connectivity index (χ4v) is 8.13. The molecule has 4 aromatic rings. The predicted molar refractivity (Wildman–Crippen MR) is 191 cm³/mol. The van der Waals surface area contributed by atoms with Crippen LogP contribution in [0.3, 0.4) is 0 Å². The van der Waals surface area contributed by atoms with Gasteiger partial charge in [-0.2, -0.15) is 4.98 Å². The van der Waals surface area contributed by atoms with Crippen molar-refractivity contribution in [2.45, 2.75) is 18.9 Å². The molecule has 12 nitrogen and oxygen atoms in total. The van der Waals surface area contributed by atoms with Gasteiger partial charge in [0.1, 0.15) is 24.2 Å². The molecule has 2 saturated heterocycles. The third kappa shape index (κ3) is 7.39. The number of nitrogens with one attached hydrogen (secondary N) is 2. The number of amides is 1. The summed E-state index contributed by atoms with van der Waals surface area (Å²) in [5, 5.41) is 7.37. The molecule has 0 aliphatic carbocycles. The first-order valence-electron chi connectivity index (χ1n) is 15.5. The number of ether oxygens (including phenoxy) is 1. The molecule has 6 rings (SSSR count). The Morgan fingerprint density at radius 1 is 1.00 bits per heavy atom. The van der Waals surface area contributed by atoms with Crippen LogP contribution < -0.4 is 20.7 Å². The zero-order valence-corrected chi connectivity index (χ0v) is 30.1. The van der Waals surface area contributed by atoms with E-state index in [9.17, 15) is 9.36 Å². The van der Waals surface area contributed by atoms with Crippen LogP contribution in [-0.2, 0) is 4.57 Å². The van der Waals surface area contributed by atoms with Gasteiger partial charge in [0.15, 0.2) is 0 Å². The van der Waals surface area contributed by atoms with Crippen LogP contribution in [0.2, 0.25) is 5.02 Å². The van der Waals surface area contributed by atoms with Gasteiger partial charge >= 0.3 is 0 Å². The largest absolute Gasteiger partial charge is 0.495 e. The first-order chi connectivity index (χ1) is 22.5. The molecule has 2 aromatic heterocycles. The summed E-state index contributed by atoms with van der Waals surface area (Å²) in [7, 11) is 0.924. The summed E-state index contributed by atoms with van der Waals surface area (Å²) < 4.78 is 19.6. The molecule has 0 saturated carbocycles. The first-order valence-corrected chi connectivity index (χ1v) is 19.2. The minimum absolute atomic E-state index is 0.108. The van der Waals surface area contributed by atoms with Crippen LogP contribution in [0.1, 0.15) is 23.2 Å². The van der Waals surface area contributed by atoms with Crippen molar-refractivity contribution in [3.63, 3.8) is 0 Å². The second-order valence-electron chi connectivity index (χ2n) is 12.3. The van der Waals surface area contributed by atoms with Gasteiger partial charge in [0.25, 0.3) is 5.91 Å². The number of rotatable bonds is 8. The van der Waals surface area contributed by atoms with E-state index in [1.54, 1.807) is 44.1 Å². The lowest BCUT2D eigenvalue weighted by Gasteiger charge is -2.42. The third-order valence-electron chi connectivity index (χ3n) is 8.72. The third-order valence-corrected chi connectivity index (χ3v) is 11.1. The lowest BCUT2D eigenvalue weighted by atomic mass is 10.0. The molecule has 2 aliphatic rings. The number of fused-ring (bicyclic) bond motifs is 1. The lowest BCUT2D eigenvalue weighted by molar-refractivity contribution is 0.0518. The number of halogens is 2. The number of carbonyl (C=O) groups excluding carboxylic acids is 1. The maximum atomic E-state index is 13.6. The number of likely N-dealkylation sites (N-methyl/N-ethyl adjacent to an activating group) is 1. The molecule has 0 bridgehead atoms. The fraction of sp³-hybridized carbons (Fsp3) is 0.406. The number of benzene rings is 2. The summed E-state index contributed by atoms with van der Waals surface area (Å²) in [4.78, 5) is 38.3. The zero-order valence-electron chi connectivity index (χ0n) is 26.8. The Kier molecular flexibility index (Phi) is 10.0. The number of piperidine rings is 1. The van der Waals surface area contributed by atoms with Gasteiger partial charge in [0.2, 0.25) is 5.95 Å². The molecule has 2 N–H and O–H groups in total. The van der Waals surface area contributed by atoms with E-state index in [1.165, 1.54) is 7.11 Å². The fourth-order valence-electron chi connectivity index (χ4n) is 6.21. The molecule has 1 amide bonds. The van der Waals surface area contributed by atoms with Gasteiger partial charge in [-0.05, 0) is 73.4 Å². The highest BCUT2D eigenvalue weighted by Crippen LogP contribution is 2.41. The molecular weight excluding hydrogens is 705 g/mol. The number of likely N-dealkylation sites (tertiary alicyclic amines) is 1. The average Bonchev–Trinajstić information content (AvgIpc) is 3.06. The summed E-state index contributed by atoms with van der Waals surface area (Å²) >= 11 is 10.2. The van der Waals surface area contributed by atoms with E-state index in [0.29, 0.717) is 73.5 Å². The van der Waals surface area contributed by atoms with Crippen LogP contribution in [0.15, 0.2) is 47.3 Å². The molecule has 47 heavy (non-hydrogen) atoms. The normalized spacial score (nSPS) is 16.8. The van der Waals surface area contributed by atoms with E-state index in [4.69, 9.17) is 16.3 Å². The molecule has 0 unspecified atom stereocenters. The Morgan fingerprint density at radius 2 is 1.72 bits per heavy atom. The van der Waals surface area contributed by atoms with Crippen LogP contribution in [-0.4, -0.2) is 113 Å². The first kappa shape index (κ1) is 33.5. The number of anilines is 4. The molecule has 2 aromatic carbocycles. The molecule has 0 atom stereocenters. The predicted octanol–water partition coefficient (Wildman–Crippen LogP) is 5.43. The van der Waals surface area contributed by atoms with E-state index in [-0.39, 0.29) is 11.9 Å². The zero-order chi connectivity index (χ0) is 33.3. The van der Waals surface area contributed by atoms with Crippen molar-refractivity contribution in [2.24, 2.45) is 0 Å². The minimum Gasteiger partial charge on any atom is -0.495 e. The summed E-state index contributed by atoms with van der Waals surface area (Å²) in [6.07, 6.45) is 6.69. The number of nitrogens with zero attached hydrogens (tertiary/aromatic N) is 7. The molecular formula is C32H38BrClN9O3P. The molecule has 4 heterocycles. The van der Waals surface area contributed by atoms with Crippen molar-refractivity contribution >= 4 is 80.1 Å². The Labute approximate surface area is 287 Å². The number of piperazine rings is 1. The monoisotopic (exact) mass is 741 g/mol. The lowest BCUT2D eigenvalue weighted by Crippen LogP contribution is -2.53. The van der Waals surface area contributed by atoms with Crippen molar-refractivity contribution in [1.82, 2.24) is 34.6 Å². The van der Waals surface area contributed by atoms with E-state index >= 15 is 0 Å². The maximum absolute atomic E-state index is 13.6. The SMILES string of the molecule is COc1cc(C(=O)N2CCC(N3CCN(C)CC3)CC2)c(Cl)cc1Nc1ncc(Br)c(Nc2ccc3nccnc3c2P(C)(C)=O)n1. The summed E-state index contributed by atoms with van der Waals surface area (Å²) in [6.45, 7) is 9.09. The van der Waals surface area contributed by atoms with Crippen LogP contribution in [0.4, 0.5) is 23.1 Å². The van der Waals surface area contributed by atoms with Gasteiger partial charge in [-0.15, -0.1) is 0 Å². The number of carbonyl (C=O) groups is 1. The van der Waals surface area contributed by atoms with Crippen molar-refractivity contribution in [2.75, 3.05) is 77.4 Å². The van der Waals surface area contributed by atoms with E-state index < -0.39 is 7.14 Å². The second-order valence-corrected chi connectivity index (χ2v) is 16.7. The Bertz CT molecular complexity index is 1840. The summed E-state index contributed by atoms with van der Waals surface area (Å²) in [6, 6.07) is 7.47. The molecule has 0 spiro atoms. The second kappa shape index (κ2) is 14.0. The topological polar surface area (TPSA) is 129 Å². The Hall–Kier alpha value is -3.35. The highest BCUT2D eigenvalue weighted by molar-refractivity contribution is 9.10. The summed E-state index contributed by atoms with van der Waals surface area (Å²) in [5.74, 6) is 1.02. The number of hydrogen-bond acceptors (Lipinski definition) is 11. The van der Waals surface area contributed by atoms with Gasteiger partial charge in [0, 0.05) is 63.9 Å². The smallest absolute Gasteiger partial charge is 0.255 e. The van der Waals surface area contributed by atoms with Crippen LogP contribution in [0, 0.1) is 0 Å².